The fourth-order valence-corrected chi connectivity index (χ4v) is 3.10. The fraction of sp³-hybridized carbons (Fsp3) is 0.692. The Hall–Kier alpha value is -1.40. The van der Waals surface area contributed by atoms with Crippen LogP contribution >= 0.6 is 0 Å². The van der Waals surface area contributed by atoms with E-state index in [1.165, 1.54) is 25.9 Å². The summed E-state index contributed by atoms with van der Waals surface area (Å²) in [4.78, 5) is 11.1. The summed E-state index contributed by atoms with van der Waals surface area (Å²) in [5, 5.41) is 3.52. The van der Waals surface area contributed by atoms with Gasteiger partial charge in [-0.25, -0.2) is 9.97 Å². The summed E-state index contributed by atoms with van der Waals surface area (Å²) in [7, 11) is 1.63. The highest BCUT2D eigenvalue weighted by Gasteiger charge is 2.34. The maximum absolute atomic E-state index is 5.81. The third kappa shape index (κ3) is 2.79. The molecule has 3 aliphatic heterocycles. The van der Waals surface area contributed by atoms with Gasteiger partial charge in [-0.1, -0.05) is 0 Å². The molecule has 6 nitrogen and oxygen atoms in total. The van der Waals surface area contributed by atoms with Crippen LogP contribution in [0.3, 0.4) is 0 Å². The van der Waals surface area contributed by atoms with Crippen molar-refractivity contribution in [3.63, 3.8) is 0 Å². The quantitative estimate of drug-likeness (QED) is 0.833. The Bertz CT molecular complexity index is 445. The minimum Gasteiger partial charge on any atom is -0.384 e. The molecule has 4 rings (SSSR count). The highest BCUT2D eigenvalue weighted by atomic mass is 16.5. The molecule has 0 radical (unpaired) electrons. The zero-order valence-electron chi connectivity index (χ0n) is 11.3. The number of hydrogen-bond donors (Lipinski definition) is 2. The van der Waals surface area contributed by atoms with E-state index < -0.39 is 0 Å². The lowest BCUT2D eigenvalue weighted by atomic mass is 9.84. The highest BCUT2D eigenvalue weighted by molar-refractivity contribution is 5.45. The number of methoxy groups -OCH3 is 1. The predicted molar refractivity (Wildman–Crippen MR) is 73.7 cm³/mol. The third-order valence-corrected chi connectivity index (χ3v) is 4.06. The van der Waals surface area contributed by atoms with E-state index in [2.05, 4.69) is 20.2 Å². The molecule has 0 aliphatic carbocycles. The monoisotopic (exact) mass is 263 g/mol. The molecule has 3 fully saturated rings. The Labute approximate surface area is 113 Å². The van der Waals surface area contributed by atoms with Crippen LogP contribution in [0.4, 0.5) is 11.6 Å². The first kappa shape index (κ1) is 12.6. The molecule has 0 saturated carbocycles. The van der Waals surface area contributed by atoms with Gasteiger partial charge in [0.25, 0.3) is 0 Å². The lowest BCUT2D eigenvalue weighted by Crippen LogP contribution is -2.53. The van der Waals surface area contributed by atoms with E-state index in [1.54, 1.807) is 13.2 Å². The lowest BCUT2D eigenvalue weighted by Gasteiger charge is -2.45. The second-order valence-corrected chi connectivity index (χ2v) is 5.42. The number of rotatable bonds is 4. The molecule has 1 aromatic rings. The topological polar surface area (TPSA) is 76.3 Å². The molecule has 0 amide bonds. The van der Waals surface area contributed by atoms with Crippen molar-refractivity contribution < 1.29 is 4.74 Å². The van der Waals surface area contributed by atoms with E-state index in [4.69, 9.17) is 10.5 Å². The number of piperidine rings is 3. The molecule has 4 heterocycles. The van der Waals surface area contributed by atoms with Gasteiger partial charge in [-0.15, -0.1) is 0 Å². The number of nitrogens with two attached hydrogens (primary N) is 1. The normalized spacial score (nSPS) is 29.4. The van der Waals surface area contributed by atoms with Gasteiger partial charge in [0.05, 0.1) is 0 Å². The first-order chi connectivity index (χ1) is 9.24. The van der Waals surface area contributed by atoms with E-state index in [9.17, 15) is 0 Å². The van der Waals surface area contributed by atoms with Crippen LogP contribution in [0.1, 0.15) is 18.7 Å². The maximum Gasteiger partial charge on any atom is 0.158 e. The summed E-state index contributed by atoms with van der Waals surface area (Å²) in [5.74, 6) is 2.70. The van der Waals surface area contributed by atoms with E-state index in [1.807, 2.05) is 0 Å². The van der Waals surface area contributed by atoms with Gasteiger partial charge in [-0.2, -0.15) is 0 Å². The average molecular weight is 263 g/mol. The number of nitrogen functional groups attached to an aromatic ring is 1. The molecular weight excluding hydrogens is 242 g/mol. The number of nitrogens with zero attached hydrogens (tertiary/aromatic N) is 3. The lowest BCUT2D eigenvalue weighted by molar-refractivity contribution is 0.0973. The summed E-state index contributed by atoms with van der Waals surface area (Å²) in [6.07, 6.45) is 2.56. The number of hydrogen-bond acceptors (Lipinski definition) is 6. The summed E-state index contributed by atoms with van der Waals surface area (Å²) in [6, 6.07) is 2.28. The number of ether oxygens (including phenoxy) is 1. The summed E-state index contributed by atoms with van der Waals surface area (Å²) in [5.41, 5.74) is 5.81. The highest BCUT2D eigenvalue weighted by Crippen LogP contribution is 2.29. The van der Waals surface area contributed by atoms with Crippen molar-refractivity contribution in [2.45, 2.75) is 25.5 Å². The Morgan fingerprint density at radius 3 is 2.84 bits per heavy atom. The van der Waals surface area contributed by atoms with Crippen LogP contribution < -0.4 is 11.1 Å². The molecule has 0 spiro atoms. The molecule has 2 bridgehead atoms. The summed E-state index contributed by atoms with van der Waals surface area (Å²) in [6.45, 7) is 3.97. The Morgan fingerprint density at radius 2 is 2.21 bits per heavy atom. The van der Waals surface area contributed by atoms with Crippen LogP contribution in [0, 0.1) is 5.92 Å². The minimum atomic E-state index is 0.389. The second-order valence-electron chi connectivity index (χ2n) is 5.42. The molecule has 1 atom stereocenters. The van der Waals surface area contributed by atoms with Gasteiger partial charge in [0.15, 0.2) is 5.82 Å². The van der Waals surface area contributed by atoms with Gasteiger partial charge in [-0.05, 0) is 31.8 Å². The molecule has 19 heavy (non-hydrogen) atoms. The molecule has 3 aliphatic rings. The van der Waals surface area contributed by atoms with Crippen molar-refractivity contribution >= 4 is 11.6 Å². The largest absolute Gasteiger partial charge is 0.384 e. The Balaban J connectivity index is 1.72. The first-order valence-electron chi connectivity index (χ1n) is 6.86. The van der Waals surface area contributed by atoms with E-state index in [0.717, 1.165) is 18.3 Å². The summed E-state index contributed by atoms with van der Waals surface area (Å²) < 4.78 is 5.06. The van der Waals surface area contributed by atoms with Crippen LogP contribution in [0.25, 0.3) is 0 Å². The van der Waals surface area contributed by atoms with Gasteiger partial charge < -0.3 is 20.7 Å². The molecule has 1 unspecified atom stereocenters. The van der Waals surface area contributed by atoms with Gasteiger partial charge >= 0.3 is 0 Å². The number of aromatic nitrogens is 2. The molecule has 6 heteroatoms. The summed E-state index contributed by atoms with van der Waals surface area (Å²) >= 11 is 0. The van der Waals surface area contributed by atoms with Crippen molar-refractivity contribution in [1.29, 1.82) is 0 Å². The molecule has 1 aromatic heterocycles. The standard InChI is InChI=1S/C13H21N5O/c1-19-8-13-16-11(14)6-12(17-13)15-10-7-18-4-2-9(10)3-5-18/h6,9-10H,2-5,7-8H2,1H3,(H3,14,15,16,17). The van der Waals surface area contributed by atoms with Crippen molar-refractivity contribution in [2.75, 3.05) is 37.8 Å². The van der Waals surface area contributed by atoms with Crippen LogP contribution in [-0.2, 0) is 11.3 Å². The SMILES string of the molecule is COCc1nc(N)cc(NC2CN3CCC2CC3)n1. The molecule has 104 valence electrons. The van der Waals surface area contributed by atoms with E-state index in [0.29, 0.717) is 24.3 Å². The fourth-order valence-electron chi connectivity index (χ4n) is 3.10. The van der Waals surface area contributed by atoms with Gasteiger partial charge in [0.1, 0.15) is 18.2 Å². The van der Waals surface area contributed by atoms with Crippen molar-refractivity contribution in [2.24, 2.45) is 5.92 Å². The van der Waals surface area contributed by atoms with Crippen molar-refractivity contribution in [3.8, 4) is 0 Å². The number of anilines is 2. The molecule has 3 saturated heterocycles. The van der Waals surface area contributed by atoms with Crippen molar-refractivity contribution in [1.82, 2.24) is 14.9 Å². The smallest absolute Gasteiger partial charge is 0.158 e. The van der Waals surface area contributed by atoms with Crippen LogP contribution in [0.2, 0.25) is 0 Å². The van der Waals surface area contributed by atoms with E-state index >= 15 is 0 Å². The predicted octanol–water partition coefficient (Wildman–Crippen LogP) is 0.711. The maximum atomic E-state index is 5.81. The van der Waals surface area contributed by atoms with Gasteiger partial charge in [0, 0.05) is 25.8 Å². The Kier molecular flexibility index (Phi) is 3.52. The third-order valence-electron chi connectivity index (χ3n) is 4.06. The number of fused-ring (bicyclic) bond motifs is 3. The average Bonchev–Trinajstić information content (AvgIpc) is 2.39. The van der Waals surface area contributed by atoms with Gasteiger partial charge in [0.2, 0.25) is 0 Å². The van der Waals surface area contributed by atoms with Crippen LogP contribution in [-0.4, -0.2) is 47.7 Å². The van der Waals surface area contributed by atoms with Gasteiger partial charge in [-0.3, -0.25) is 0 Å². The van der Waals surface area contributed by atoms with Crippen LogP contribution in [0.5, 0.6) is 0 Å². The first-order valence-corrected chi connectivity index (χ1v) is 6.86. The minimum absolute atomic E-state index is 0.389. The Morgan fingerprint density at radius 1 is 1.42 bits per heavy atom. The van der Waals surface area contributed by atoms with Crippen molar-refractivity contribution in [3.05, 3.63) is 11.9 Å². The zero-order chi connectivity index (χ0) is 13.2. The molecule has 0 aromatic carbocycles. The zero-order valence-corrected chi connectivity index (χ0v) is 11.3. The second kappa shape index (κ2) is 5.30. The molecular formula is C13H21N5O. The number of nitrogens with one attached hydrogen (secondary N) is 1. The van der Waals surface area contributed by atoms with Crippen LogP contribution in [0.15, 0.2) is 6.07 Å². The van der Waals surface area contributed by atoms with E-state index in [-0.39, 0.29) is 0 Å². The molecule has 3 N–H and O–H groups in total.